The number of rotatable bonds is 3. The van der Waals surface area contributed by atoms with Crippen molar-refractivity contribution in [3.63, 3.8) is 0 Å². The third-order valence-corrected chi connectivity index (χ3v) is 3.55. The number of benzene rings is 2. The largest absolute Gasteiger partial charge is 0.478 e. The Morgan fingerprint density at radius 1 is 1.14 bits per heavy atom. The lowest BCUT2D eigenvalue weighted by Crippen LogP contribution is -2.13. The molecule has 1 amide bonds. The van der Waals surface area contributed by atoms with Crippen LogP contribution in [-0.2, 0) is 0 Å². The van der Waals surface area contributed by atoms with Crippen LogP contribution in [0.5, 0.6) is 0 Å². The van der Waals surface area contributed by atoms with Crippen molar-refractivity contribution in [3.05, 3.63) is 63.4 Å². The van der Waals surface area contributed by atoms with Gasteiger partial charge in [0, 0.05) is 10.0 Å². The van der Waals surface area contributed by atoms with Crippen molar-refractivity contribution >= 4 is 33.5 Å². The Balaban J connectivity index is 2.23. The van der Waals surface area contributed by atoms with Gasteiger partial charge in [-0.25, -0.2) is 9.18 Å². The first-order valence-electron chi connectivity index (χ1n) is 5.99. The van der Waals surface area contributed by atoms with Crippen molar-refractivity contribution in [2.24, 2.45) is 0 Å². The second-order valence-electron chi connectivity index (χ2n) is 4.42. The van der Waals surface area contributed by atoms with Crippen molar-refractivity contribution in [1.29, 1.82) is 0 Å². The van der Waals surface area contributed by atoms with Crippen molar-refractivity contribution in [2.45, 2.75) is 6.92 Å². The Kier molecular flexibility index (Phi) is 4.37. The number of carboxylic acids is 1. The average molecular weight is 352 g/mol. The highest BCUT2D eigenvalue weighted by molar-refractivity contribution is 9.10. The predicted molar refractivity (Wildman–Crippen MR) is 80.2 cm³/mol. The number of carboxylic acid groups (broad SMARTS) is 1. The summed E-state index contributed by atoms with van der Waals surface area (Å²) in [7, 11) is 0. The topological polar surface area (TPSA) is 66.4 Å². The molecule has 0 bridgehead atoms. The lowest BCUT2D eigenvalue weighted by molar-refractivity contribution is 0.0696. The third-order valence-electron chi connectivity index (χ3n) is 2.90. The molecule has 108 valence electrons. The van der Waals surface area contributed by atoms with Gasteiger partial charge in [-0.3, -0.25) is 4.79 Å². The fraction of sp³-hybridized carbons (Fsp3) is 0.0667. The van der Waals surface area contributed by atoms with E-state index in [1.54, 1.807) is 6.92 Å². The van der Waals surface area contributed by atoms with Crippen LogP contribution in [0.1, 0.15) is 26.3 Å². The molecule has 0 spiro atoms. The van der Waals surface area contributed by atoms with Gasteiger partial charge in [-0.1, -0.05) is 6.07 Å². The molecule has 0 saturated heterocycles. The summed E-state index contributed by atoms with van der Waals surface area (Å²) in [6, 6.07) is 8.42. The monoisotopic (exact) mass is 351 g/mol. The molecule has 0 atom stereocenters. The van der Waals surface area contributed by atoms with E-state index in [9.17, 15) is 14.0 Å². The van der Waals surface area contributed by atoms with Gasteiger partial charge in [0.2, 0.25) is 0 Å². The Bertz CT molecular complexity index is 731. The molecule has 0 saturated carbocycles. The first-order valence-corrected chi connectivity index (χ1v) is 6.78. The van der Waals surface area contributed by atoms with Gasteiger partial charge < -0.3 is 10.4 Å². The summed E-state index contributed by atoms with van der Waals surface area (Å²) in [6.07, 6.45) is 0. The van der Waals surface area contributed by atoms with Gasteiger partial charge in [0.25, 0.3) is 5.91 Å². The zero-order valence-corrected chi connectivity index (χ0v) is 12.6. The van der Waals surface area contributed by atoms with Crippen LogP contribution in [0.2, 0.25) is 0 Å². The molecule has 0 unspecified atom stereocenters. The van der Waals surface area contributed by atoms with Crippen LogP contribution in [0.15, 0.2) is 40.9 Å². The highest BCUT2D eigenvalue weighted by Crippen LogP contribution is 2.24. The minimum Gasteiger partial charge on any atom is -0.478 e. The smallest absolute Gasteiger partial charge is 0.335 e. The number of aryl methyl sites for hydroxylation is 1. The van der Waals surface area contributed by atoms with Crippen molar-refractivity contribution in [2.75, 3.05) is 5.32 Å². The van der Waals surface area contributed by atoms with Gasteiger partial charge in [0.05, 0.1) is 11.3 Å². The third kappa shape index (κ3) is 3.46. The zero-order valence-electron chi connectivity index (χ0n) is 11.0. The molecule has 0 aliphatic heterocycles. The highest BCUT2D eigenvalue weighted by Gasteiger charge is 2.12. The molecule has 0 heterocycles. The molecule has 2 aromatic rings. The number of hydrogen-bond acceptors (Lipinski definition) is 2. The molecule has 2 rings (SSSR count). The highest BCUT2D eigenvalue weighted by atomic mass is 79.9. The lowest BCUT2D eigenvalue weighted by Gasteiger charge is -2.09. The summed E-state index contributed by atoms with van der Waals surface area (Å²) < 4.78 is 13.9. The first kappa shape index (κ1) is 15.2. The summed E-state index contributed by atoms with van der Waals surface area (Å²) in [4.78, 5) is 22.9. The van der Waals surface area contributed by atoms with Crippen LogP contribution in [0.3, 0.4) is 0 Å². The lowest BCUT2D eigenvalue weighted by atomic mass is 10.1. The molecule has 0 radical (unpaired) electrons. The van der Waals surface area contributed by atoms with Gasteiger partial charge in [-0.15, -0.1) is 0 Å². The normalized spacial score (nSPS) is 10.2. The molecule has 0 fully saturated rings. The van der Waals surface area contributed by atoms with Gasteiger partial charge in [-0.05, 0) is 58.7 Å². The molecule has 0 aliphatic rings. The molecule has 6 heteroatoms. The van der Waals surface area contributed by atoms with E-state index in [2.05, 4.69) is 21.2 Å². The molecule has 4 nitrogen and oxygen atoms in total. The van der Waals surface area contributed by atoms with Gasteiger partial charge in [-0.2, -0.15) is 0 Å². The van der Waals surface area contributed by atoms with Crippen LogP contribution in [-0.4, -0.2) is 17.0 Å². The molecular weight excluding hydrogens is 341 g/mol. The van der Waals surface area contributed by atoms with E-state index < -0.39 is 17.7 Å². The van der Waals surface area contributed by atoms with E-state index in [-0.39, 0.29) is 11.1 Å². The molecule has 2 N–H and O–H groups in total. The second kappa shape index (κ2) is 6.05. The van der Waals surface area contributed by atoms with Gasteiger partial charge in [0.15, 0.2) is 0 Å². The van der Waals surface area contributed by atoms with E-state index in [1.165, 1.54) is 30.3 Å². The van der Waals surface area contributed by atoms with Crippen molar-refractivity contribution in [1.82, 2.24) is 0 Å². The second-order valence-corrected chi connectivity index (χ2v) is 5.27. The van der Waals surface area contributed by atoms with Crippen LogP contribution >= 0.6 is 15.9 Å². The number of nitrogens with one attached hydrogen (secondary N) is 1. The summed E-state index contributed by atoms with van der Waals surface area (Å²) >= 11 is 3.19. The molecule has 0 aliphatic carbocycles. The molecular formula is C15H11BrFNO3. The number of amides is 1. The summed E-state index contributed by atoms with van der Waals surface area (Å²) in [6.45, 7) is 1.61. The fourth-order valence-corrected chi connectivity index (χ4v) is 2.16. The Labute approximate surface area is 128 Å². The van der Waals surface area contributed by atoms with E-state index in [0.717, 1.165) is 6.07 Å². The fourth-order valence-electron chi connectivity index (χ4n) is 1.68. The maximum Gasteiger partial charge on any atom is 0.335 e. The minimum atomic E-state index is -1.06. The molecule has 2 aromatic carbocycles. The van der Waals surface area contributed by atoms with E-state index >= 15 is 0 Å². The van der Waals surface area contributed by atoms with Crippen LogP contribution in [0.4, 0.5) is 10.1 Å². The molecule has 0 aromatic heterocycles. The Hall–Kier alpha value is -2.21. The summed E-state index contributed by atoms with van der Waals surface area (Å²) in [5.41, 5.74) is 1.15. The van der Waals surface area contributed by atoms with Gasteiger partial charge in [0.1, 0.15) is 5.82 Å². The van der Waals surface area contributed by atoms with Crippen molar-refractivity contribution in [3.8, 4) is 0 Å². The van der Waals surface area contributed by atoms with E-state index in [0.29, 0.717) is 15.7 Å². The summed E-state index contributed by atoms with van der Waals surface area (Å²) in [5, 5.41) is 11.5. The number of carbonyl (C=O) groups is 2. The Morgan fingerprint density at radius 2 is 1.81 bits per heavy atom. The van der Waals surface area contributed by atoms with E-state index in [1.807, 2.05) is 0 Å². The number of aromatic carboxylic acids is 1. The maximum atomic E-state index is 13.4. The summed E-state index contributed by atoms with van der Waals surface area (Å²) in [5.74, 6) is -1.99. The Morgan fingerprint density at radius 3 is 2.38 bits per heavy atom. The van der Waals surface area contributed by atoms with Crippen LogP contribution < -0.4 is 5.32 Å². The van der Waals surface area contributed by atoms with Crippen LogP contribution in [0.25, 0.3) is 0 Å². The number of carbonyl (C=O) groups excluding carboxylic acids is 1. The minimum absolute atomic E-state index is 0.0984. The van der Waals surface area contributed by atoms with Crippen LogP contribution in [0, 0.1) is 12.7 Å². The average Bonchev–Trinajstić information content (AvgIpc) is 2.43. The zero-order chi connectivity index (χ0) is 15.6. The van der Waals surface area contributed by atoms with Crippen molar-refractivity contribution < 1.29 is 19.1 Å². The first-order chi connectivity index (χ1) is 9.88. The van der Waals surface area contributed by atoms with Gasteiger partial charge >= 0.3 is 5.97 Å². The van der Waals surface area contributed by atoms with E-state index in [4.69, 9.17) is 5.11 Å². The number of hydrogen-bond donors (Lipinski definition) is 2. The predicted octanol–water partition coefficient (Wildman–Crippen LogP) is 3.85. The standard InChI is InChI=1S/C15H11BrFNO3/c1-8-2-3-9(7-12(8)17)14(19)18-13-5-4-10(15(20)21)6-11(13)16/h2-7H,1H3,(H,18,19)(H,20,21). The maximum absolute atomic E-state index is 13.4. The SMILES string of the molecule is Cc1ccc(C(=O)Nc2ccc(C(=O)O)cc2Br)cc1F. The quantitative estimate of drug-likeness (QED) is 0.882. The number of anilines is 1. The molecule has 21 heavy (non-hydrogen) atoms. The number of halogens is 2.